The maximum atomic E-state index is 14.5. The Morgan fingerprint density at radius 1 is 0.681 bits per heavy atom. The van der Waals surface area contributed by atoms with Crippen LogP contribution in [0.1, 0.15) is 104 Å². The summed E-state index contributed by atoms with van der Waals surface area (Å²) < 4.78 is 46.3. The summed E-state index contributed by atoms with van der Waals surface area (Å²) in [5, 5.41) is -0.0583. The van der Waals surface area contributed by atoms with E-state index in [-0.39, 0.29) is 33.8 Å². The van der Waals surface area contributed by atoms with Crippen LogP contribution in [0, 0.1) is 23.5 Å². The number of nitrogen functional groups attached to an aromatic ring is 2. The number of rotatable bonds is 20. The van der Waals surface area contributed by atoms with E-state index in [1.54, 1.807) is 0 Å². The Morgan fingerprint density at radius 2 is 1.04 bits per heavy atom. The molecule has 2 aromatic carbocycles. The van der Waals surface area contributed by atoms with Crippen LogP contribution in [0.3, 0.4) is 0 Å². The predicted octanol–water partition coefficient (Wildman–Crippen LogP) is 9.27. The molecule has 2 unspecified atom stereocenters. The lowest BCUT2D eigenvalue weighted by Gasteiger charge is -2.45. The standard InChI is InChI=1S/C36H52Cl2F2N2O5/c1-23(43)45-15-11-7-9-13-27(17-25-19-31(39)29(37)21-33(25)41)35(3,4)47-36(5,6)28(14-10-8-12-16-46-24(2)44)18-26-20-32(40)30(38)22-34(26)42/h19-22,27-28H,7-18,41-42H2,1-6H3. The summed E-state index contributed by atoms with van der Waals surface area (Å²) >= 11 is 12.0. The van der Waals surface area contributed by atoms with Crippen molar-refractivity contribution < 1.29 is 32.6 Å². The van der Waals surface area contributed by atoms with E-state index in [0.29, 0.717) is 48.6 Å². The van der Waals surface area contributed by atoms with Crippen LogP contribution in [0.2, 0.25) is 10.0 Å². The molecule has 0 aliphatic rings. The molecule has 0 aromatic heterocycles. The third-order valence-corrected chi connectivity index (χ3v) is 9.37. The second kappa shape index (κ2) is 18.8. The molecule has 47 heavy (non-hydrogen) atoms. The largest absolute Gasteiger partial charge is 0.466 e. The van der Waals surface area contributed by atoms with Crippen molar-refractivity contribution in [2.24, 2.45) is 11.8 Å². The van der Waals surface area contributed by atoms with E-state index in [1.165, 1.54) is 38.1 Å². The first-order valence-electron chi connectivity index (χ1n) is 16.4. The third kappa shape index (κ3) is 13.8. The van der Waals surface area contributed by atoms with Gasteiger partial charge in [-0.1, -0.05) is 48.9 Å². The monoisotopic (exact) mass is 700 g/mol. The Morgan fingerprint density at radius 3 is 1.38 bits per heavy atom. The summed E-state index contributed by atoms with van der Waals surface area (Å²) in [7, 11) is 0. The lowest BCUT2D eigenvalue weighted by atomic mass is 9.77. The van der Waals surface area contributed by atoms with Gasteiger partial charge in [0.25, 0.3) is 0 Å². The molecule has 2 atom stereocenters. The molecule has 2 rings (SSSR count). The summed E-state index contributed by atoms with van der Waals surface area (Å²) in [6, 6.07) is 5.66. The van der Waals surface area contributed by atoms with Crippen molar-refractivity contribution in [3.8, 4) is 0 Å². The quantitative estimate of drug-likeness (QED) is 0.0804. The summed E-state index contributed by atoms with van der Waals surface area (Å²) in [6.45, 7) is 11.6. The van der Waals surface area contributed by atoms with Gasteiger partial charge >= 0.3 is 11.9 Å². The Bertz CT molecular complexity index is 1240. The minimum absolute atomic E-state index is 0.0291. The number of hydrogen-bond acceptors (Lipinski definition) is 7. The lowest BCUT2D eigenvalue weighted by molar-refractivity contribution is -0.175. The van der Waals surface area contributed by atoms with E-state index in [0.717, 1.165) is 51.4 Å². The number of benzene rings is 2. The van der Waals surface area contributed by atoms with Gasteiger partial charge in [0.05, 0.1) is 34.5 Å². The van der Waals surface area contributed by atoms with Crippen molar-refractivity contribution >= 4 is 46.5 Å². The van der Waals surface area contributed by atoms with Gasteiger partial charge in [0, 0.05) is 25.2 Å². The van der Waals surface area contributed by atoms with Gasteiger partial charge in [-0.15, -0.1) is 0 Å². The number of hydrogen-bond donors (Lipinski definition) is 2. The second-order valence-corrected chi connectivity index (χ2v) is 14.2. The Balaban J connectivity index is 2.32. The molecule has 0 saturated carbocycles. The molecule has 0 spiro atoms. The molecule has 4 N–H and O–H groups in total. The molecule has 0 fully saturated rings. The maximum Gasteiger partial charge on any atom is 0.302 e. The summed E-state index contributed by atoms with van der Waals surface area (Å²) in [4.78, 5) is 22.3. The van der Waals surface area contributed by atoms with Crippen molar-refractivity contribution in [1.82, 2.24) is 0 Å². The van der Waals surface area contributed by atoms with E-state index in [2.05, 4.69) is 0 Å². The number of esters is 2. The minimum atomic E-state index is -0.702. The topological polar surface area (TPSA) is 114 Å². The van der Waals surface area contributed by atoms with Gasteiger partial charge in [-0.3, -0.25) is 9.59 Å². The van der Waals surface area contributed by atoms with Gasteiger partial charge in [-0.25, -0.2) is 8.78 Å². The van der Waals surface area contributed by atoms with E-state index < -0.39 is 22.8 Å². The highest BCUT2D eigenvalue weighted by molar-refractivity contribution is 6.31. The van der Waals surface area contributed by atoms with Gasteiger partial charge in [0.1, 0.15) is 11.6 Å². The number of unbranched alkanes of at least 4 members (excludes halogenated alkanes) is 4. The highest BCUT2D eigenvalue weighted by atomic mass is 35.5. The number of halogens is 4. The second-order valence-electron chi connectivity index (χ2n) is 13.4. The van der Waals surface area contributed by atoms with Crippen molar-refractivity contribution in [3.05, 3.63) is 57.1 Å². The average molecular weight is 702 g/mol. The summed E-state index contributed by atoms with van der Waals surface area (Å²) in [6.07, 6.45) is 7.24. The van der Waals surface area contributed by atoms with Crippen molar-refractivity contribution in [3.63, 3.8) is 0 Å². The number of nitrogens with two attached hydrogens (primary N) is 2. The van der Waals surface area contributed by atoms with E-state index >= 15 is 0 Å². The van der Waals surface area contributed by atoms with Crippen LogP contribution in [0.4, 0.5) is 20.2 Å². The van der Waals surface area contributed by atoms with E-state index in [1.807, 2.05) is 27.7 Å². The first-order valence-corrected chi connectivity index (χ1v) is 17.1. The first-order chi connectivity index (χ1) is 21.9. The van der Waals surface area contributed by atoms with E-state index in [9.17, 15) is 18.4 Å². The lowest BCUT2D eigenvalue weighted by Crippen LogP contribution is -2.47. The minimum Gasteiger partial charge on any atom is -0.466 e. The maximum absolute atomic E-state index is 14.5. The Labute approximate surface area is 289 Å². The molecule has 2 aromatic rings. The average Bonchev–Trinajstić information content (AvgIpc) is 2.95. The molecule has 0 amide bonds. The summed E-state index contributed by atoms with van der Waals surface area (Å²) in [5.41, 5.74) is 13.3. The van der Waals surface area contributed by atoms with Crippen LogP contribution in [-0.4, -0.2) is 36.4 Å². The van der Waals surface area contributed by atoms with Gasteiger partial charge in [0.2, 0.25) is 0 Å². The number of carbonyl (C=O) groups excluding carboxylic acids is 2. The SMILES string of the molecule is CC(=O)OCCCCCC(Cc1cc(F)c(Cl)cc1N)C(C)(C)OC(C)(C)C(CCCCCOC(C)=O)Cc1cc(F)c(Cl)cc1N. The van der Waals surface area contributed by atoms with Crippen molar-refractivity contribution in [1.29, 1.82) is 0 Å². The van der Waals surface area contributed by atoms with Crippen LogP contribution >= 0.6 is 23.2 Å². The molecule has 264 valence electrons. The normalized spacial score (nSPS) is 13.3. The highest BCUT2D eigenvalue weighted by Gasteiger charge is 2.40. The van der Waals surface area contributed by atoms with Gasteiger partial charge in [0.15, 0.2) is 0 Å². The molecule has 0 bridgehead atoms. The number of carbonyl (C=O) groups is 2. The van der Waals surface area contributed by atoms with Crippen molar-refractivity contribution in [2.75, 3.05) is 24.7 Å². The summed E-state index contributed by atoms with van der Waals surface area (Å²) in [5.74, 6) is -1.81. The molecule has 0 radical (unpaired) electrons. The van der Waals surface area contributed by atoms with Crippen LogP contribution in [-0.2, 0) is 36.6 Å². The van der Waals surface area contributed by atoms with Crippen LogP contribution in [0.15, 0.2) is 24.3 Å². The van der Waals surface area contributed by atoms with Crippen LogP contribution in [0.25, 0.3) is 0 Å². The molecular formula is C36H52Cl2F2N2O5. The zero-order valence-corrected chi connectivity index (χ0v) is 30.2. The van der Waals surface area contributed by atoms with Gasteiger partial charge < -0.3 is 25.7 Å². The molecule has 11 heteroatoms. The molecule has 0 aliphatic carbocycles. The fraction of sp³-hybridized carbons (Fsp3) is 0.611. The van der Waals surface area contributed by atoms with Crippen LogP contribution in [0.5, 0.6) is 0 Å². The third-order valence-electron chi connectivity index (χ3n) is 8.79. The van der Waals surface area contributed by atoms with Gasteiger partial charge in [-0.2, -0.15) is 0 Å². The molecule has 0 heterocycles. The molecule has 0 aliphatic heterocycles. The first kappa shape index (κ1) is 40.6. The predicted molar refractivity (Wildman–Crippen MR) is 185 cm³/mol. The highest BCUT2D eigenvalue weighted by Crippen LogP contribution is 2.40. The van der Waals surface area contributed by atoms with Crippen LogP contribution < -0.4 is 11.5 Å². The van der Waals surface area contributed by atoms with Crippen molar-refractivity contribution in [2.45, 2.75) is 117 Å². The molecule has 7 nitrogen and oxygen atoms in total. The fourth-order valence-electron chi connectivity index (χ4n) is 6.10. The number of anilines is 2. The number of ether oxygens (including phenoxy) is 3. The Kier molecular flexibility index (Phi) is 16.2. The smallest absolute Gasteiger partial charge is 0.302 e. The fourth-order valence-corrected chi connectivity index (χ4v) is 6.44. The zero-order valence-electron chi connectivity index (χ0n) is 28.7. The zero-order chi connectivity index (χ0) is 35.4. The Hall–Kier alpha value is -2.62. The molecular weight excluding hydrogens is 649 g/mol. The van der Waals surface area contributed by atoms with Gasteiger partial charge in [-0.05, 0) is 113 Å². The molecule has 0 saturated heterocycles. The van der Waals surface area contributed by atoms with E-state index in [4.69, 9.17) is 48.9 Å².